The number of carbonyl (C=O) groups excluding carboxylic acids is 3. The molecule has 0 spiro atoms. The Bertz CT molecular complexity index is 724. The van der Waals surface area contributed by atoms with Crippen LogP contribution in [0.3, 0.4) is 0 Å². The zero-order valence-electron chi connectivity index (χ0n) is 12.3. The summed E-state index contributed by atoms with van der Waals surface area (Å²) in [7, 11) is 0. The van der Waals surface area contributed by atoms with Crippen molar-refractivity contribution < 1.29 is 14.4 Å². The highest BCUT2D eigenvalue weighted by molar-refractivity contribution is 6.08. The van der Waals surface area contributed by atoms with Crippen LogP contribution in [0.1, 0.15) is 16.8 Å². The Morgan fingerprint density at radius 2 is 1.78 bits per heavy atom. The van der Waals surface area contributed by atoms with Crippen molar-refractivity contribution in [1.29, 1.82) is 0 Å². The minimum Gasteiger partial charge on any atom is -0.272 e. The van der Waals surface area contributed by atoms with Gasteiger partial charge in [0.25, 0.3) is 17.7 Å². The number of imide groups is 1. The summed E-state index contributed by atoms with van der Waals surface area (Å²) < 4.78 is 0. The first-order valence-corrected chi connectivity index (χ1v) is 7.94. The monoisotopic (exact) mass is 309 g/mol. The molecule has 4 aliphatic carbocycles. The van der Waals surface area contributed by atoms with Crippen molar-refractivity contribution in [3.05, 3.63) is 42.2 Å². The summed E-state index contributed by atoms with van der Waals surface area (Å²) in [6, 6.07) is 3.24. The number of hydrogen-bond acceptors (Lipinski definition) is 4. The number of hydrazine groups is 1. The van der Waals surface area contributed by atoms with Gasteiger partial charge in [0.2, 0.25) is 0 Å². The van der Waals surface area contributed by atoms with E-state index in [9.17, 15) is 14.4 Å². The van der Waals surface area contributed by atoms with Crippen molar-refractivity contribution >= 4 is 17.7 Å². The number of carbonyl (C=O) groups is 3. The maximum absolute atomic E-state index is 12.7. The van der Waals surface area contributed by atoms with E-state index in [1.807, 2.05) is 0 Å². The first-order chi connectivity index (χ1) is 11.2. The fourth-order valence-corrected chi connectivity index (χ4v) is 4.73. The van der Waals surface area contributed by atoms with Gasteiger partial charge in [-0.1, -0.05) is 12.2 Å². The molecule has 5 aliphatic rings. The summed E-state index contributed by atoms with van der Waals surface area (Å²) in [5.41, 5.74) is 2.80. The van der Waals surface area contributed by atoms with Crippen LogP contribution in [-0.4, -0.2) is 27.7 Å². The van der Waals surface area contributed by atoms with Gasteiger partial charge in [-0.15, -0.1) is 0 Å². The van der Waals surface area contributed by atoms with E-state index in [-0.39, 0.29) is 35.5 Å². The molecule has 1 aliphatic heterocycles. The third-order valence-corrected chi connectivity index (χ3v) is 5.80. The summed E-state index contributed by atoms with van der Waals surface area (Å²) in [4.78, 5) is 41.5. The van der Waals surface area contributed by atoms with E-state index in [1.54, 1.807) is 18.3 Å². The number of allylic oxidation sites excluding steroid dienone is 2. The number of pyridine rings is 1. The standard InChI is InChI=1S/C17H15N3O3/c21-15(8-2-1-5-18-7-8)19-20-16(22)13-9-3-4-10(12-6-11(9)12)14(13)17(20)23/h1-5,7,9-14H,6H2,(H,19,21)/t9-,10-,11-,12-,13-,14+/m1/s1. The molecule has 1 aromatic rings. The van der Waals surface area contributed by atoms with Crippen LogP contribution in [0.5, 0.6) is 0 Å². The zero-order chi connectivity index (χ0) is 15.7. The fourth-order valence-electron chi connectivity index (χ4n) is 4.73. The molecule has 6 atom stereocenters. The molecule has 1 aromatic heterocycles. The second kappa shape index (κ2) is 4.28. The summed E-state index contributed by atoms with van der Waals surface area (Å²) in [5, 5.41) is 0.947. The molecule has 2 bridgehead atoms. The van der Waals surface area contributed by atoms with Gasteiger partial charge in [-0.2, -0.15) is 5.01 Å². The molecule has 6 nitrogen and oxygen atoms in total. The molecule has 1 saturated heterocycles. The average Bonchev–Trinajstić information content (AvgIpc) is 3.37. The van der Waals surface area contributed by atoms with Crippen LogP contribution in [0.25, 0.3) is 0 Å². The van der Waals surface area contributed by atoms with E-state index in [0.717, 1.165) is 11.4 Å². The van der Waals surface area contributed by atoms with Crippen LogP contribution in [0.4, 0.5) is 0 Å². The zero-order valence-corrected chi connectivity index (χ0v) is 12.3. The Labute approximate surface area is 132 Å². The normalized spacial score (nSPS) is 39.2. The summed E-state index contributed by atoms with van der Waals surface area (Å²) in [6.45, 7) is 0. The predicted octanol–water partition coefficient (Wildman–Crippen LogP) is 0.779. The van der Waals surface area contributed by atoms with E-state index in [1.165, 1.54) is 6.20 Å². The van der Waals surface area contributed by atoms with Crippen LogP contribution in [0, 0.1) is 35.5 Å². The second-order valence-electron chi connectivity index (χ2n) is 6.85. The lowest BCUT2D eigenvalue weighted by Gasteiger charge is -2.37. The summed E-state index contributed by atoms with van der Waals surface area (Å²) >= 11 is 0. The number of nitrogens with one attached hydrogen (secondary N) is 1. The fraction of sp³-hybridized carbons (Fsp3) is 0.412. The van der Waals surface area contributed by atoms with Crippen molar-refractivity contribution in [1.82, 2.24) is 15.4 Å². The van der Waals surface area contributed by atoms with Gasteiger partial charge in [0.1, 0.15) is 0 Å². The number of rotatable bonds is 2. The minimum absolute atomic E-state index is 0.159. The van der Waals surface area contributed by atoms with Crippen LogP contribution in [-0.2, 0) is 9.59 Å². The third-order valence-electron chi connectivity index (χ3n) is 5.80. The lowest BCUT2D eigenvalue weighted by atomic mass is 9.63. The van der Waals surface area contributed by atoms with E-state index < -0.39 is 5.91 Å². The summed E-state index contributed by atoms with van der Waals surface area (Å²) in [5.74, 6) is -0.175. The Kier molecular flexibility index (Phi) is 2.42. The van der Waals surface area contributed by atoms with Gasteiger partial charge >= 0.3 is 0 Å². The third kappa shape index (κ3) is 1.63. The lowest BCUT2D eigenvalue weighted by Crippen LogP contribution is -2.46. The predicted molar refractivity (Wildman–Crippen MR) is 78.3 cm³/mol. The number of nitrogens with zero attached hydrogens (tertiary/aromatic N) is 2. The molecule has 0 aromatic carbocycles. The van der Waals surface area contributed by atoms with Gasteiger partial charge in [-0.25, -0.2) is 0 Å². The van der Waals surface area contributed by atoms with Gasteiger partial charge < -0.3 is 0 Å². The Balaban J connectivity index is 1.42. The molecule has 23 heavy (non-hydrogen) atoms. The maximum atomic E-state index is 12.7. The molecule has 0 unspecified atom stereocenters. The van der Waals surface area contributed by atoms with Crippen LogP contribution < -0.4 is 5.43 Å². The van der Waals surface area contributed by atoms with Gasteiger partial charge in [0.05, 0.1) is 17.4 Å². The van der Waals surface area contributed by atoms with E-state index in [0.29, 0.717) is 17.4 Å². The second-order valence-corrected chi connectivity index (χ2v) is 6.85. The molecule has 1 N–H and O–H groups in total. The minimum atomic E-state index is -0.482. The van der Waals surface area contributed by atoms with Crippen molar-refractivity contribution in [3.63, 3.8) is 0 Å². The van der Waals surface area contributed by atoms with Crippen LogP contribution >= 0.6 is 0 Å². The molecule has 6 rings (SSSR count). The van der Waals surface area contributed by atoms with Crippen molar-refractivity contribution in [2.45, 2.75) is 6.42 Å². The molecule has 0 radical (unpaired) electrons. The molecule has 116 valence electrons. The van der Waals surface area contributed by atoms with Gasteiger partial charge in [-0.3, -0.25) is 24.8 Å². The van der Waals surface area contributed by atoms with E-state index in [4.69, 9.17) is 0 Å². The molecule has 3 fully saturated rings. The highest BCUT2D eigenvalue weighted by Crippen LogP contribution is 2.65. The van der Waals surface area contributed by atoms with E-state index in [2.05, 4.69) is 22.6 Å². The van der Waals surface area contributed by atoms with Gasteiger partial charge in [0, 0.05) is 12.4 Å². The van der Waals surface area contributed by atoms with Crippen LogP contribution in [0.2, 0.25) is 0 Å². The van der Waals surface area contributed by atoms with Gasteiger partial charge in [0.15, 0.2) is 0 Å². The largest absolute Gasteiger partial charge is 0.272 e. The molecular weight excluding hydrogens is 294 g/mol. The number of hydrogen-bond donors (Lipinski definition) is 1. The van der Waals surface area contributed by atoms with E-state index >= 15 is 0 Å². The molecular formula is C17H15N3O3. The molecule has 6 heteroatoms. The number of amides is 3. The Hall–Kier alpha value is -2.50. The smallest absolute Gasteiger partial charge is 0.271 e. The molecule has 3 amide bonds. The highest BCUT2D eigenvalue weighted by atomic mass is 16.2. The molecule has 2 saturated carbocycles. The number of aromatic nitrogens is 1. The van der Waals surface area contributed by atoms with Crippen molar-refractivity contribution in [2.24, 2.45) is 35.5 Å². The first kappa shape index (κ1) is 13.0. The first-order valence-electron chi connectivity index (χ1n) is 7.94. The molecule has 2 heterocycles. The lowest BCUT2D eigenvalue weighted by molar-refractivity contribution is -0.143. The summed E-state index contributed by atoms with van der Waals surface area (Å²) in [6.07, 6.45) is 8.31. The Morgan fingerprint density at radius 3 is 2.35 bits per heavy atom. The highest BCUT2D eigenvalue weighted by Gasteiger charge is 2.67. The van der Waals surface area contributed by atoms with Crippen molar-refractivity contribution in [2.75, 3.05) is 0 Å². The maximum Gasteiger partial charge on any atom is 0.271 e. The average molecular weight is 309 g/mol. The van der Waals surface area contributed by atoms with Crippen molar-refractivity contribution in [3.8, 4) is 0 Å². The van der Waals surface area contributed by atoms with Crippen LogP contribution in [0.15, 0.2) is 36.7 Å². The SMILES string of the molecule is O=C(NN1C(=O)[C@@H]2[C@@H]3C=C[C@H]([C@H]4C[C@H]34)[C@@H]2C1=O)c1cccnc1. The topological polar surface area (TPSA) is 79.4 Å². The van der Waals surface area contributed by atoms with Gasteiger partial charge in [-0.05, 0) is 42.2 Å². The quantitative estimate of drug-likeness (QED) is 0.647. The Morgan fingerprint density at radius 1 is 1.13 bits per heavy atom.